The summed E-state index contributed by atoms with van der Waals surface area (Å²) in [4.78, 5) is 41.9. The first kappa shape index (κ1) is 20.6. The van der Waals surface area contributed by atoms with Gasteiger partial charge in [-0.05, 0) is 35.9 Å². The largest absolute Gasteiger partial charge is 0.507 e. The van der Waals surface area contributed by atoms with Crippen LogP contribution in [0.3, 0.4) is 0 Å². The number of amides is 1. The lowest BCUT2D eigenvalue weighted by Gasteiger charge is -2.23. The maximum atomic E-state index is 13.1. The zero-order chi connectivity index (χ0) is 23.1. The first-order chi connectivity index (χ1) is 16.0. The van der Waals surface area contributed by atoms with E-state index < -0.39 is 28.4 Å². The SMILES string of the molecule is O=C1C(=O)N(c2nccs2)C(c2ccc([N+](=O)[O-])cc2)C1=C(O)c1ccc2c(c1)OCCO2. The number of Topliss-reactive ketones (excluding diaryl/α,β-unsaturated/α-hetero) is 1. The number of aliphatic hydroxyl groups excluding tert-OH is 1. The third-order valence-corrected chi connectivity index (χ3v) is 6.08. The fraction of sp³-hybridized carbons (Fsp3) is 0.136. The average molecular weight is 465 g/mol. The Balaban J connectivity index is 1.67. The van der Waals surface area contributed by atoms with Crippen molar-refractivity contribution in [1.82, 2.24) is 4.98 Å². The van der Waals surface area contributed by atoms with Gasteiger partial charge in [-0.15, -0.1) is 11.3 Å². The van der Waals surface area contributed by atoms with E-state index in [2.05, 4.69) is 4.98 Å². The minimum Gasteiger partial charge on any atom is -0.507 e. The third kappa shape index (κ3) is 3.48. The number of non-ortho nitro benzene ring substituents is 1. The first-order valence-corrected chi connectivity index (χ1v) is 10.7. The molecule has 166 valence electrons. The Bertz CT molecular complexity index is 1300. The molecule has 1 unspecified atom stereocenters. The minimum atomic E-state index is -1.02. The number of rotatable bonds is 4. The van der Waals surface area contributed by atoms with Crippen LogP contribution in [0.2, 0.25) is 0 Å². The molecule has 1 aromatic heterocycles. The number of hydrogen-bond donors (Lipinski definition) is 1. The van der Waals surface area contributed by atoms with Crippen LogP contribution in [-0.2, 0) is 9.59 Å². The van der Waals surface area contributed by atoms with E-state index in [9.17, 15) is 24.8 Å². The van der Waals surface area contributed by atoms with Crippen molar-refractivity contribution >= 4 is 39.6 Å². The molecular weight excluding hydrogens is 450 g/mol. The van der Waals surface area contributed by atoms with E-state index >= 15 is 0 Å². The second kappa shape index (κ2) is 8.02. The van der Waals surface area contributed by atoms with Gasteiger partial charge in [0.05, 0.1) is 16.5 Å². The zero-order valence-corrected chi connectivity index (χ0v) is 17.7. The van der Waals surface area contributed by atoms with Gasteiger partial charge in [-0.25, -0.2) is 4.98 Å². The van der Waals surface area contributed by atoms with Crippen LogP contribution < -0.4 is 14.4 Å². The summed E-state index contributed by atoms with van der Waals surface area (Å²) in [6.45, 7) is 0.742. The van der Waals surface area contributed by atoms with E-state index in [-0.39, 0.29) is 22.0 Å². The van der Waals surface area contributed by atoms with Gasteiger partial charge in [0.15, 0.2) is 16.6 Å². The summed E-state index contributed by atoms with van der Waals surface area (Å²) in [5.74, 6) is -1.22. The van der Waals surface area contributed by atoms with Crippen molar-refractivity contribution in [2.75, 3.05) is 18.1 Å². The van der Waals surface area contributed by atoms with E-state index in [4.69, 9.17) is 9.47 Å². The normalized spacial score (nSPS) is 19.0. The van der Waals surface area contributed by atoms with Crippen LogP contribution in [0.15, 0.2) is 59.6 Å². The smallest absolute Gasteiger partial charge is 0.301 e. The highest BCUT2D eigenvalue weighted by Crippen LogP contribution is 2.43. The van der Waals surface area contributed by atoms with Crippen LogP contribution in [0.25, 0.3) is 5.76 Å². The quantitative estimate of drug-likeness (QED) is 0.204. The maximum absolute atomic E-state index is 13.1. The summed E-state index contributed by atoms with van der Waals surface area (Å²) in [6, 6.07) is 9.15. The minimum absolute atomic E-state index is 0.142. The van der Waals surface area contributed by atoms with Crippen molar-refractivity contribution in [3.05, 3.63) is 80.9 Å². The van der Waals surface area contributed by atoms with Crippen molar-refractivity contribution in [1.29, 1.82) is 0 Å². The Morgan fingerprint density at radius 1 is 1.12 bits per heavy atom. The molecule has 2 aliphatic heterocycles. The number of ketones is 1. The molecule has 2 aromatic carbocycles. The average Bonchev–Trinajstić information content (AvgIpc) is 3.45. The number of ether oxygens (including phenoxy) is 2. The molecular formula is C22H15N3O7S. The third-order valence-electron chi connectivity index (χ3n) is 5.31. The number of anilines is 1. The Hall–Kier alpha value is -4.25. The van der Waals surface area contributed by atoms with E-state index in [0.717, 1.165) is 11.3 Å². The molecule has 2 aliphatic rings. The highest BCUT2D eigenvalue weighted by atomic mass is 32.1. The van der Waals surface area contributed by atoms with Gasteiger partial charge in [0.1, 0.15) is 19.0 Å². The number of fused-ring (bicyclic) bond motifs is 1. The number of aliphatic hydroxyl groups is 1. The van der Waals surface area contributed by atoms with E-state index in [1.165, 1.54) is 41.4 Å². The number of benzene rings is 2. The molecule has 1 amide bonds. The molecule has 3 heterocycles. The standard InChI is InChI=1S/C22H15N3O7S/c26-19(13-3-6-15-16(11-13)32-9-8-31-15)17-18(12-1-4-14(5-2-12)25(29)30)24(21(28)20(17)27)22-23-7-10-33-22/h1-7,10-11,18,26H,8-9H2. The second-order valence-electron chi connectivity index (χ2n) is 7.19. The highest BCUT2D eigenvalue weighted by Gasteiger charge is 2.48. The molecule has 1 N–H and O–H groups in total. The van der Waals surface area contributed by atoms with Gasteiger partial charge in [-0.1, -0.05) is 0 Å². The topological polar surface area (TPSA) is 132 Å². The molecule has 1 atom stereocenters. The predicted molar refractivity (Wildman–Crippen MR) is 117 cm³/mol. The number of hydrogen-bond acceptors (Lipinski definition) is 9. The lowest BCUT2D eigenvalue weighted by atomic mass is 9.95. The number of thiazole rings is 1. The first-order valence-electron chi connectivity index (χ1n) is 9.80. The van der Waals surface area contributed by atoms with Crippen LogP contribution >= 0.6 is 11.3 Å². The zero-order valence-electron chi connectivity index (χ0n) is 16.8. The Kier molecular flexibility index (Phi) is 5.02. The predicted octanol–water partition coefficient (Wildman–Crippen LogP) is 3.45. The molecule has 3 aromatic rings. The van der Waals surface area contributed by atoms with Crippen LogP contribution in [0.1, 0.15) is 17.2 Å². The molecule has 5 rings (SSSR count). The lowest BCUT2D eigenvalue weighted by molar-refractivity contribution is -0.384. The number of carbonyl (C=O) groups excluding carboxylic acids is 2. The molecule has 11 heteroatoms. The van der Waals surface area contributed by atoms with Crippen LogP contribution in [-0.4, -0.2) is 39.9 Å². The second-order valence-corrected chi connectivity index (χ2v) is 8.06. The highest BCUT2D eigenvalue weighted by molar-refractivity contribution is 7.14. The fourth-order valence-electron chi connectivity index (χ4n) is 3.80. The Labute approximate surface area is 190 Å². The van der Waals surface area contributed by atoms with Crippen LogP contribution in [0.5, 0.6) is 11.5 Å². The molecule has 0 bridgehead atoms. The summed E-state index contributed by atoms with van der Waals surface area (Å²) in [6.07, 6.45) is 1.49. The lowest BCUT2D eigenvalue weighted by Crippen LogP contribution is -2.29. The van der Waals surface area contributed by atoms with Gasteiger partial charge in [0, 0.05) is 29.3 Å². The van der Waals surface area contributed by atoms with Crippen LogP contribution in [0, 0.1) is 10.1 Å². The number of nitro benzene ring substituents is 1. The monoisotopic (exact) mass is 465 g/mol. The number of nitro groups is 1. The molecule has 1 fully saturated rings. The van der Waals surface area contributed by atoms with Gasteiger partial charge in [0.2, 0.25) is 0 Å². The van der Waals surface area contributed by atoms with Crippen molar-refractivity contribution in [3.8, 4) is 11.5 Å². The van der Waals surface area contributed by atoms with Gasteiger partial charge < -0.3 is 14.6 Å². The molecule has 0 saturated carbocycles. The molecule has 0 spiro atoms. The van der Waals surface area contributed by atoms with Gasteiger partial charge in [-0.3, -0.25) is 24.6 Å². The van der Waals surface area contributed by atoms with Crippen molar-refractivity contribution < 1.29 is 29.1 Å². The number of carbonyl (C=O) groups is 2. The Morgan fingerprint density at radius 2 is 1.85 bits per heavy atom. The van der Waals surface area contributed by atoms with Gasteiger partial charge >= 0.3 is 5.91 Å². The summed E-state index contributed by atoms with van der Waals surface area (Å²) in [7, 11) is 0. The van der Waals surface area contributed by atoms with E-state index in [0.29, 0.717) is 30.3 Å². The maximum Gasteiger partial charge on any atom is 0.301 e. The van der Waals surface area contributed by atoms with Crippen molar-refractivity contribution in [2.45, 2.75) is 6.04 Å². The molecule has 10 nitrogen and oxygen atoms in total. The van der Waals surface area contributed by atoms with Crippen molar-refractivity contribution in [3.63, 3.8) is 0 Å². The van der Waals surface area contributed by atoms with E-state index in [1.54, 1.807) is 17.5 Å². The van der Waals surface area contributed by atoms with Crippen LogP contribution in [0.4, 0.5) is 10.8 Å². The van der Waals surface area contributed by atoms with E-state index in [1.807, 2.05) is 0 Å². The molecule has 33 heavy (non-hydrogen) atoms. The molecule has 1 saturated heterocycles. The summed E-state index contributed by atoms with van der Waals surface area (Å²) in [5, 5.41) is 24.1. The summed E-state index contributed by atoms with van der Waals surface area (Å²) < 4.78 is 11.1. The van der Waals surface area contributed by atoms with Gasteiger partial charge in [-0.2, -0.15) is 0 Å². The number of aromatic nitrogens is 1. The molecule has 0 radical (unpaired) electrons. The fourth-order valence-corrected chi connectivity index (χ4v) is 4.47. The molecule has 0 aliphatic carbocycles. The van der Waals surface area contributed by atoms with Gasteiger partial charge in [0.25, 0.3) is 11.5 Å². The van der Waals surface area contributed by atoms with Crippen molar-refractivity contribution in [2.24, 2.45) is 0 Å². The summed E-state index contributed by atoms with van der Waals surface area (Å²) >= 11 is 1.15. The number of nitrogens with zero attached hydrogens (tertiary/aromatic N) is 3. The Morgan fingerprint density at radius 3 is 2.52 bits per heavy atom. The summed E-state index contributed by atoms with van der Waals surface area (Å²) in [5.41, 5.74) is 0.384.